The van der Waals surface area contributed by atoms with Gasteiger partial charge in [0.25, 0.3) is 0 Å². The van der Waals surface area contributed by atoms with E-state index in [2.05, 4.69) is 25.8 Å². The first-order valence-corrected chi connectivity index (χ1v) is 11.8. The van der Waals surface area contributed by atoms with E-state index in [0.29, 0.717) is 36.8 Å². The monoisotopic (exact) mass is 489 g/mol. The van der Waals surface area contributed by atoms with Gasteiger partial charge in [0.05, 0.1) is 25.6 Å². The number of hydrazine groups is 1. The van der Waals surface area contributed by atoms with Crippen molar-refractivity contribution in [2.24, 2.45) is 16.8 Å². The van der Waals surface area contributed by atoms with Crippen molar-refractivity contribution < 1.29 is 22.6 Å². The standard InChI is InChI=1S/C23H26F3N7O2/c1-34-17-8-14(9-27-30-17)32-10-12-2-3-13(11-32)20(12)28-23-29-22-21(35-7-6-33(22)31-23)15-4-5-16(24)19(26)18(15)25/h4-5,8-9,12-13,20-22H,2-3,6-7,10-11H2,1H3,(H2,28,29,31)/t12-,13+,20?,21-,22?/m1/s1. The molecule has 1 aliphatic carbocycles. The first kappa shape index (κ1) is 22.4. The van der Waals surface area contributed by atoms with Gasteiger partial charge in [-0.3, -0.25) is 5.43 Å². The van der Waals surface area contributed by atoms with E-state index in [1.54, 1.807) is 13.3 Å². The molecule has 4 heterocycles. The van der Waals surface area contributed by atoms with Gasteiger partial charge in [0.15, 0.2) is 23.6 Å². The predicted molar refractivity (Wildman–Crippen MR) is 120 cm³/mol. The number of hydrogen-bond donors (Lipinski definition) is 2. The molecule has 3 fully saturated rings. The van der Waals surface area contributed by atoms with Gasteiger partial charge in [0.1, 0.15) is 6.10 Å². The molecule has 12 heteroatoms. The van der Waals surface area contributed by atoms with Crippen molar-refractivity contribution >= 4 is 11.6 Å². The van der Waals surface area contributed by atoms with E-state index in [4.69, 9.17) is 14.5 Å². The van der Waals surface area contributed by atoms with Crippen molar-refractivity contribution in [3.63, 3.8) is 0 Å². The first-order valence-electron chi connectivity index (χ1n) is 11.8. The molecule has 1 aromatic heterocycles. The van der Waals surface area contributed by atoms with E-state index in [1.165, 1.54) is 6.07 Å². The van der Waals surface area contributed by atoms with Gasteiger partial charge in [0, 0.05) is 37.3 Å². The quantitative estimate of drug-likeness (QED) is 0.631. The summed E-state index contributed by atoms with van der Waals surface area (Å²) in [6.45, 7) is 2.58. The second-order valence-electron chi connectivity index (χ2n) is 9.38. The van der Waals surface area contributed by atoms with Crippen LogP contribution >= 0.6 is 0 Å². The van der Waals surface area contributed by atoms with Crippen molar-refractivity contribution in [2.45, 2.75) is 31.2 Å². The Morgan fingerprint density at radius 1 is 1.14 bits per heavy atom. The molecule has 2 unspecified atom stereocenters. The lowest BCUT2D eigenvalue weighted by molar-refractivity contribution is -0.0749. The van der Waals surface area contributed by atoms with Crippen LogP contribution in [0.25, 0.3) is 0 Å². The fourth-order valence-corrected chi connectivity index (χ4v) is 5.73. The summed E-state index contributed by atoms with van der Waals surface area (Å²) >= 11 is 0. The molecule has 5 atom stereocenters. The van der Waals surface area contributed by atoms with E-state index < -0.39 is 29.7 Å². The van der Waals surface area contributed by atoms with Crippen LogP contribution < -0.4 is 20.4 Å². The third kappa shape index (κ3) is 3.94. The maximum atomic E-state index is 14.5. The fourth-order valence-electron chi connectivity index (χ4n) is 5.73. The summed E-state index contributed by atoms with van der Waals surface area (Å²) in [5.41, 5.74) is 4.22. The number of rotatable bonds is 4. The topological polar surface area (TPSA) is 87.1 Å². The lowest BCUT2D eigenvalue weighted by Crippen LogP contribution is -2.56. The first-order chi connectivity index (χ1) is 17.0. The molecule has 2 aromatic rings. The van der Waals surface area contributed by atoms with Gasteiger partial charge < -0.3 is 19.7 Å². The lowest BCUT2D eigenvalue weighted by atomic mass is 9.92. The van der Waals surface area contributed by atoms with Crippen molar-refractivity contribution in [3.8, 4) is 5.88 Å². The number of fused-ring (bicyclic) bond motifs is 3. The number of piperidine rings is 1. The van der Waals surface area contributed by atoms with Crippen LogP contribution in [0.2, 0.25) is 0 Å². The number of nitrogens with one attached hydrogen (secondary N) is 2. The highest BCUT2D eigenvalue weighted by atomic mass is 19.2. The van der Waals surface area contributed by atoms with Crippen molar-refractivity contribution in [2.75, 3.05) is 38.3 Å². The Balaban J connectivity index is 1.17. The molecule has 35 heavy (non-hydrogen) atoms. The van der Waals surface area contributed by atoms with Crippen molar-refractivity contribution in [1.82, 2.24) is 25.9 Å². The van der Waals surface area contributed by atoms with Gasteiger partial charge >= 0.3 is 0 Å². The number of hydrogen-bond acceptors (Lipinski definition) is 9. The minimum absolute atomic E-state index is 0.0415. The molecule has 9 nitrogen and oxygen atoms in total. The maximum Gasteiger partial charge on any atom is 0.235 e. The molecule has 0 spiro atoms. The van der Waals surface area contributed by atoms with E-state index >= 15 is 0 Å². The zero-order valence-electron chi connectivity index (χ0n) is 19.1. The van der Waals surface area contributed by atoms with Crippen LogP contribution in [0.1, 0.15) is 24.5 Å². The van der Waals surface area contributed by atoms with Crippen LogP contribution in [-0.2, 0) is 4.74 Å². The van der Waals surface area contributed by atoms with Crippen LogP contribution in [0.3, 0.4) is 0 Å². The molecule has 0 amide bonds. The number of benzene rings is 1. The van der Waals surface area contributed by atoms with E-state index in [-0.39, 0.29) is 11.6 Å². The lowest BCUT2D eigenvalue weighted by Gasteiger charge is -2.39. The molecule has 0 radical (unpaired) electrons. The number of methoxy groups -OCH3 is 1. The number of aromatic nitrogens is 2. The third-order valence-corrected chi connectivity index (χ3v) is 7.43. The molecular weight excluding hydrogens is 463 g/mol. The predicted octanol–water partition coefficient (Wildman–Crippen LogP) is 1.98. The Morgan fingerprint density at radius 3 is 2.71 bits per heavy atom. The molecule has 1 aromatic carbocycles. The van der Waals surface area contributed by atoms with Crippen LogP contribution in [-0.4, -0.2) is 66.7 Å². The number of guanidine groups is 1. The largest absolute Gasteiger partial charge is 0.480 e. The third-order valence-electron chi connectivity index (χ3n) is 7.43. The highest BCUT2D eigenvalue weighted by molar-refractivity contribution is 5.81. The van der Waals surface area contributed by atoms with Crippen LogP contribution in [0, 0.1) is 29.3 Å². The second-order valence-corrected chi connectivity index (χ2v) is 9.38. The maximum absolute atomic E-state index is 14.5. The SMILES string of the molecule is COc1cc(N2C[C@H]3CC[C@@H](C2)C3NC2=NC3[C@@H](c4ccc(F)c(F)c4F)OCCN3N2)cnn1. The molecule has 4 aliphatic rings. The molecule has 6 rings (SSSR count). The van der Waals surface area contributed by atoms with Crippen LogP contribution in [0.15, 0.2) is 29.4 Å². The Hall–Kier alpha value is -3.12. The summed E-state index contributed by atoms with van der Waals surface area (Å²) in [6.07, 6.45) is 2.52. The summed E-state index contributed by atoms with van der Waals surface area (Å²) in [5.74, 6) is -2.06. The average molecular weight is 490 g/mol. The molecule has 1 saturated carbocycles. The number of ether oxygens (including phenoxy) is 2. The van der Waals surface area contributed by atoms with Crippen molar-refractivity contribution in [3.05, 3.63) is 47.4 Å². The number of anilines is 1. The van der Waals surface area contributed by atoms with Crippen LogP contribution in [0.4, 0.5) is 18.9 Å². The zero-order valence-corrected chi connectivity index (χ0v) is 19.1. The van der Waals surface area contributed by atoms with Gasteiger partial charge in [-0.2, -0.15) is 10.1 Å². The summed E-state index contributed by atoms with van der Waals surface area (Å²) in [7, 11) is 1.58. The number of halogens is 3. The molecule has 2 saturated heterocycles. The van der Waals surface area contributed by atoms with E-state index in [9.17, 15) is 13.2 Å². The molecule has 3 aliphatic heterocycles. The van der Waals surface area contributed by atoms with E-state index in [0.717, 1.165) is 37.7 Å². The number of nitrogens with zero attached hydrogens (tertiary/aromatic N) is 5. The molecular formula is C23H26F3N7O2. The normalized spacial score (nSPS) is 30.0. The summed E-state index contributed by atoms with van der Waals surface area (Å²) in [6, 6.07) is 4.27. The van der Waals surface area contributed by atoms with Crippen LogP contribution in [0.5, 0.6) is 5.88 Å². The number of morpholine rings is 1. The Labute approximate surface area is 200 Å². The van der Waals surface area contributed by atoms with Gasteiger partial charge in [-0.15, -0.1) is 5.10 Å². The average Bonchev–Trinajstić information content (AvgIpc) is 3.38. The molecule has 2 bridgehead atoms. The highest BCUT2D eigenvalue weighted by Crippen LogP contribution is 2.39. The summed E-state index contributed by atoms with van der Waals surface area (Å²) in [5, 5.41) is 13.4. The minimum atomic E-state index is -1.50. The van der Waals surface area contributed by atoms with E-state index in [1.807, 2.05) is 11.1 Å². The number of aliphatic imine (C=N–C) groups is 1. The second kappa shape index (κ2) is 8.83. The summed E-state index contributed by atoms with van der Waals surface area (Å²) in [4.78, 5) is 7.04. The molecule has 2 N–H and O–H groups in total. The summed E-state index contributed by atoms with van der Waals surface area (Å²) < 4.78 is 52.8. The Morgan fingerprint density at radius 2 is 1.94 bits per heavy atom. The molecule has 186 valence electrons. The Bertz CT molecular complexity index is 1140. The van der Waals surface area contributed by atoms with Gasteiger partial charge in [-0.25, -0.2) is 18.2 Å². The Kier molecular flexibility index (Phi) is 5.64. The zero-order chi connectivity index (χ0) is 24.1. The van der Waals surface area contributed by atoms with Gasteiger partial charge in [-0.1, -0.05) is 6.07 Å². The fraction of sp³-hybridized carbons (Fsp3) is 0.522. The minimum Gasteiger partial charge on any atom is -0.480 e. The van der Waals surface area contributed by atoms with Gasteiger partial charge in [-0.05, 0) is 30.7 Å². The smallest absolute Gasteiger partial charge is 0.235 e. The van der Waals surface area contributed by atoms with Gasteiger partial charge in [0.2, 0.25) is 11.8 Å². The highest BCUT2D eigenvalue weighted by Gasteiger charge is 2.45. The van der Waals surface area contributed by atoms with Crippen molar-refractivity contribution in [1.29, 1.82) is 0 Å².